The minimum Gasteiger partial charge on any atom is -0.466 e. The molecule has 16 heavy (non-hydrogen) atoms. The number of carbonyl (C=O) groups is 1. The summed E-state index contributed by atoms with van der Waals surface area (Å²) in [6, 6.07) is 0. The lowest BCUT2D eigenvalue weighted by Gasteiger charge is -2.31. The molecule has 0 N–H and O–H groups in total. The molecule has 4 heteroatoms. The Morgan fingerprint density at radius 1 is 1.62 bits per heavy atom. The van der Waals surface area contributed by atoms with Gasteiger partial charge >= 0.3 is 5.97 Å². The topological polar surface area (TPSA) is 29.5 Å². The summed E-state index contributed by atoms with van der Waals surface area (Å²) in [4.78, 5) is 13.9. The lowest BCUT2D eigenvalue weighted by atomic mass is 9.98. The first-order valence-corrected chi connectivity index (χ1v) is 6.25. The Bertz CT molecular complexity index is 266. The molecule has 1 atom stereocenters. The molecule has 1 aliphatic heterocycles. The predicted octanol–water partition coefficient (Wildman–Crippen LogP) is 2.40. The van der Waals surface area contributed by atoms with Crippen molar-refractivity contribution in [2.45, 2.75) is 26.7 Å². The van der Waals surface area contributed by atoms with E-state index in [0.29, 0.717) is 6.61 Å². The van der Waals surface area contributed by atoms with Crippen molar-refractivity contribution in [2.75, 3.05) is 26.2 Å². The van der Waals surface area contributed by atoms with Crippen LogP contribution in [0.2, 0.25) is 0 Å². The maximum atomic E-state index is 11.6. The highest BCUT2D eigenvalue weighted by atomic mass is 35.5. The van der Waals surface area contributed by atoms with Crippen molar-refractivity contribution in [3.8, 4) is 0 Å². The summed E-state index contributed by atoms with van der Waals surface area (Å²) in [5, 5.41) is 0. The molecule has 1 fully saturated rings. The van der Waals surface area contributed by atoms with Crippen LogP contribution in [-0.4, -0.2) is 37.1 Å². The smallest absolute Gasteiger partial charge is 0.310 e. The number of carbonyl (C=O) groups excluding carboxylic acids is 1. The Balaban J connectivity index is 2.43. The van der Waals surface area contributed by atoms with Crippen molar-refractivity contribution in [3.63, 3.8) is 0 Å². The number of hydrogen-bond acceptors (Lipinski definition) is 3. The Morgan fingerprint density at radius 2 is 2.38 bits per heavy atom. The van der Waals surface area contributed by atoms with E-state index in [1.165, 1.54) is 0 Å². The second-order valence-electron chi connectivity index (χ2n) is 4.28. The van der Waals surface area contributed by atoms with Gasteiger partial charge in [0.05, 0.1) is 12.5 Å². The maximum Gasteiger partial charge on any atom is 0.310 e. The van der Waals surface area contributed by atoms with Gasteiger partial charge in [0.2, 0.25) is 0 Å². The summed E-state index contributed by atoms with van der Waals surface area (Å²) < 4.78 is 5.05. The molecule has 0 amide bonds. The Kier molecular flexibility index (Phi) is 5.85. The van der Waals surface area contributed by atoms with Gasteiger partial charge in [-0.05, 0) is 38.8 Å². The van der Waals surface area contributed by atoms with Crippen LogP contribution in [0.25, 0.3) is 0 Å². The molecule has 0 aromatic heterocycles. The van der Waals surface area contributed by atoms with E-state index < -0.39 is 0 Å². The zero-order valence-corrected chi connectivity index (χ0v) is 10.8. The number of esters is 1. The van der Waals surface area contributed by atoms with E-state index in [-0.39, 0.29) is 11.9 Å². The summed E-state index contributed by atoms with van der Waals surface area (Å²) >= 11 is 5.64. The average Bonchev–Trinajstić information content (AvgIpc) is 2.29. The molecule has 92 valence electrons. The van der Waals surface area contributed by atoms with Gasteiger partial charge in [-0.2, -0.15) is 0 Å². The van der Waals surface area contributed by atoms with Gasteiger partial charge in [-0.1, -0.05) is 11.6 Å². The SMILES string of the molecule is CCOC(=O)C1CCCN(CC(C)=CCl)C1. The zero-order chi connectivity index (χ0) is 12.0. The predicted molar refractivity (Wildman–Crippen MR) is 65.4 cm³/mol. The van der Waals surface area contributed by atoms with Crippen LogP contribution in [0.5, 0.6) is 0 Å². The highest BCUT2D eigenvalue weighted by molar-refractivity contribution is 6.25. The van der Waals surface area contributed by atoms with Crippen LogP contribution in [-0.2, 0) is 9.53 Å². The van der Waals surface area contributed by atoms with Crippen molar-refractivity contribution in [1.82, 2.24) is 4.90 Å². The quantitative estimate of drug-likeness (QED) is 0.713. The van der Waals surface area contributed by atoms with Crippen LogP contribution in [0.1, 0.15) is 26.7 Å². The molecule has 1 heterocycles. The number of hydrogen-bond donors (Lipinski definition) is 0. The normalized spacial score (nSPS) is 23.2. The second kappa shape index (κ2) is 6.92. The molecule has 1 aliphatic rings. The molecule has 0 bridgehead atoms. The molecular weight excluding hydrogens is 226 g/mol. The third-order valence-electron chi connectivity index (χ3n) is 2.78. The fourth-order valence-corrected chi connectivity index (χ4v) is 2.11. The minimum atomic E-state index is -0.0558. The third-order valence-corrected chi connectivity index (χ3v) is 3.16. The summed E-state index contributed by atoms with van der Waals surface area (Å²) in [6.45, 7) is 6.99. The van der Waals surface area contributed by atoms with E-state index in [9.17, 15) is 4.79 Å². The molecule has 1 rings (SSSR count). The van der Waals surface area contributed by atoms with Gasteiger partial charge in [-0.25, -0.2) is 0 Å². The lowest BCUT2D eigenvalue weighted by Crippen LogP contribution is -2.40. The molecule has 0 aromatic rings. The van der Waals surface area contributed by atoms with Gasteiger partial charge in [-0.15, -0.1) is 0 Å². The molecule has 0 aliphatic carbocycles. The number of halogens is 1. The van der Waals surface area contributed by atoms with Gasteiger partial charge in [0.1, 0.15) is 0 Å². The van der Waals surface area contributed by atoms with Crippen LogP contribution in [0.3, 0.4) is 0 Å². The van der Waals surface area contributed by atoms with Gasteiger partial charge in [0, 0.05) is 18.6 Å². The van der Waals surface area contributed by atoms with Crippen molar-refractivity contribution in [3.05, 3.63) is 11.1 Å². The fourth-order valence-electron chi connectivity index (χ4n) is 2.04. The average molecular weight is 246 g/mol. The highest BCUT2D eigenvalue weighted by Crippen LogP contribution is 2.18. The molecule has 0 saturated carbocycles. The first-order chi connectivity index (χ1) is 7.67. The van der Waals surface area contributed by atoms with Crippen LogP contribution >= 0.6 is 11.6 Å². The van der Waals surface area contributed by atoms with E-state index in [2.05, 4.69) is 4.90 Å². The van der Waals surface area contributed by atoms with Gasteiger partial charge in [0.15, 0.2) is 0 Å². The monoisotopic (exact) mass is 245 g/mol. The number of likely N-dealkylation sites (tertiary alicyclic amines) is 1. The number of nitrogens with zero attached hydrogens (tertiary/aromatic N) is 1. The Hall–Kier alpha value is -0.540. The lowest BCUT2D eigenvalue weighted by molar-refractivity contribution is -0.149. The molecule has 0 aromatic carbocycles. The molecule has 3 nitrogen and oxygen atoms in total. The number of rotatable bonds is 4. The summed E-state index contributed by atoms with van der Waals surface area (Å²) in [5.74, 6) is -0.0171. The fraction of sp³-hybridized carbons (Fsp3) is 0.750. The summed E-state index contributed by atoms with van der Waals surface area (Å²) in [5.41, 5.74) is 2.74. The van der Waals surface area contributed by atoms with Crippen LogP contribution in [0.15, 0.2) is 11.1 Å². The van der Waals surface area contributed by atoms with E-state index in [1.807, 2.05) is 13.8 Å². The highest BCUT2D eigenvalue weighted by Gasteiger charge is 2.26. The minimum absolute atomic E-state index is 0.0387. The van der Waals surface area contributed by atoms with E-state index in [0.717, 1.165) is 38.0 Å². The summed E-state index contributed by atoms with van der Waals surface area (Å²) in [7, 11) is 0. The van der Waals surface area contributed by atoms with Crippen molar-refractivity contribution >= 4 is 17.6 Å². The standard InChI is InChI=1S/C12H20ClNO2/c1-3-16-12(15)11-5-4-6-14(9-11)8-10(2)7-13/h7,11H,3-6,8-9H2,1-2H3. The molecule has 1 unspecified atom stereocenters. The number of ether oxygens (including phenoxy) is 1. The summed E-state index contributed by atoms with van der Waals surface area (Å²) in [6.07, 6.45) is 2.00. The molecule has 1 saturated heterocycles. The van der Waals surface area contributed by atoms with Crippen LogP contribution in [0.4, 0.5) is 0 Å². The maximum absolute atomic E-state index is 11.6. The molecule has 0 radical (unpaired) electrons. The van der Waals surface area contributed by atoms with Crippen molar-refractivity contribution < 1.29 is 9.53 Å². The van der Waals surface area contributed by atoms with E-state index in [1.54, 1.807) is 5.54 Å². The second-order valence-corrected chi connectivity index (χ2v) is 4.50. The molecule has 0 spiro atoms. The van der Waals surface area contributed by atoms with Gasteiger partial charge < -0.3 is 4.74 Å². The van der Waals surface area contributed by atoms with Crippen molar-refractivity contribution in [1.29, 1.82) is 0 Å². The molecular formula is C12H20ClNO2. The Morgan fingerprint density at radius 3 is 3.00 bits per heavy atom. The first-order valence-electron chi connectivity index (χ1n) is 5.82. The van der Waals surface area contributed by atoms with Gasteiger partial charge in [-0.3, -0.25) is 9.69 Å². The van der Waals surface area contributed by atoms with Crippen LogP contribution < -0.4 is 0 Å². The van der Waals surface area contributed by atoms with Gasteiger partial charge in [0.25, 0.3) is 0 Å². The third kappa shape index (κ3) is 4.14. The van der Waals surface area contributed by atoms with Crippen LogP contribution in [0, 0.1) is 5.92 Å². The Labute approximate surface area is 102 Å². The van der Waals surface area contributed by atoms with E-state index >= 15 is 0 Å². The van der Waals surface area contributed by atoms with Crippen molar-refractivity contribution in [2.24, 2.45) is 5.92 Å². The van der Waals surface area contributed by atoms with E-state index in [4.69, 9.17) is 16.3 Å². The first kappa shape index (κ1) is 13.5. The zero-order valence-electron chi connectivity index (χ0n) is 10.0. The largest absolute Gasteiger partial charge is 0.466 e. The number of piperidine rings is 1.